The Kier molecular flexibility index (Phi) is 5.85. The highest BCUT2D eigenvalue weighted by molar-refractivity contribution is 7.99. The van der Waals surface area contributed by atoms with Crippen molar-refractivity contribution in [2.24, 2.45) is 0 Å². The van der Waals surface area contributed by atoms with Crippen molar-refractivity contribution in [3.8, 4) is 0 Å². The molecule has 2 aromatic carbocycles. The topological polar surface area (TPSA) is 69.7 Å². The maximum atomic E-state index is 12.9. The van der Waals surface area contributed by atoms with Crippen molar-refractivity contribution in [2.75, 3.05) is 30.0 Å². The molecule has 2 aliphatic rings. The smallest absolute Gasteiger partial charge is 0.255 e. The fraction of sp³-hybridized carbons (Fsp3) is 0.318. The van der Waals surface area contributed by atoms with Gasteiger partial charge in [-0.15, -0.1) is 11.8 Å². The average Bonchev–Trinajstić information content (AvgIpc) is 3.46. The molecule has 0 radical (unpaired) electrons. The van der Waals surface area contributed by atoms with Crippen LogP contribution in [0.2, 0.25) is 0 Å². The van der Waals surface area contributed by atoms with Crippen molar-refractivity contribution >= 4 is 35.2 Å². The van der Waals surface area contributed by atoms with Gasteiger partial charge in [0.25, 0.3) is 11.8 Å². The van der Waals surface area contributed by atoms with E-state index in [0.717, 1.165) is 25.9 Å². The van der Waals surface area contributed by atoms with Gasteiger partial charge in [0, 0.05) is 35.7 Å². The van der Waals surface area contributed by atoms with Crippen molar-refractivity contribution in [3.63, 3.8) is 0 Å². The lowest BCUT2D eigenvalue weighted by Gasteiger charge is -2.23. The maximum absolute atomic E-state index is 12.9. The van der Waals surface area contributed by atoms with Gasteiger partial charge in [-0.3, -0.25) is 14.4 Å². The quantitative estimate of drug-likeness (QED) is 0.843. The van der Waals surface area contributed by atoms with Crippen LogP contribution in [-0.2, 0) is 4.79 Å². The molecular formula is C22H23N3O3S. The molecule has 0 saturated carbocycles. The second kappa shape index (κ2) is 8.69. The van der Waals surface area contributed by atoms with E-state index >= 15 is 0 Å². The Bertz CT molecular complexity index is 913. The first-order valence-corrected chi connectivity index (χ1v) is 10.9. The molecular weight excluding hydrogens is 386 g/mol. The molecule has 0 spiro atoms. The SMILES string of the molecule is O=C(Nc1cccc(C(=O)N2CCCC2)c1)C1CSCN1C(=O)c1ccccc1. The Balaban J connectivity index is 1.45. The lowest BCUT2D eigenvalue weighted by Crippen LogP contribution is -2.44. The van der Waals surface area contributed by atoms with Crippen LogP contribution in [0.15, 0.2) is 54.6 Å². The van der Waals surface area contributed by atoms with Crippen LogP contribution in [0.1, 0.15) is 33.6 Å². The molecule has 3 amide bonds. The molecule has 0 bridgehead atoms. The summed E-state index contributed by atoms with van der Waals surface area (Å²) in [7, 11) is 0. The standard InChI is InChI=1S/C22H23N3O3S/c26-20(19-14-29-15-25(19)22(28)16-7-2-1-3-8-16)23-18-10-6-9-17(13-18)21(27)24-11-4-5-12-24/h1-3,6-10,13,19H,4-5,11-12,14-15H2,(H,23,26). The Morgan fingerprint density at radius 2 is 1.62 bits per heavy atom. The third-order valence-corrected chi connectivity index (χ3v) is 6.25. The number of hydrogen-bond donors (Lipinski definition) is 1. The van der Waals surface area contributed by atoms with Crippen LogP contribution < -0.4 is 5.32 Å². The summed E-state index contributed by atoms with van der Waals surface area (Å²) in [6, 6.07) is 15.5. The van der Waals surface area contributed by atoms with Crippen molar-refractivity contribution in [2.45, 2.75) is 18.9 Å². The molecule has 1 N–H and O–H groups in total. The third-order valence-electron chi connectivity index (χ3n) is 5.24. The van der Waals surface area contributed by atoms with Crippen molar-refractivity contribution < 1.29 is 14.4 Å². The molecule has 7 heteroatoms. The highest BCUT2D eigenvalue weighted by Gasteiger charge is 2.35. The normalized spacial score (nSPS) is 18.7. The van der Waals surface area contributed by atoms with Gasteiger partial charge in [-0.05, 0) is 43.2 Å². The van der Waals surface area contributed by atoms with Crippen LogP contribution in [0.25, 0.3) is 0 Å². The van der Waals surface area contributed by atoms with E-state index in [0.29, 0.717) is 28.4 Å². The number of rotatable bonds is 4. The predicted octanol–water partition coefficient (Wildman–Crippen LogP) is 3.08. The van der Waals surface area contributed by atoms with E-state index in [-0.39, 0.29) is 17.7 Å². The van der Waals surface area contributed by atoms with Gasteiger partial charge in [-0.1, -0.05) is 24.3 Å². The van der Waals surface area contributed by atoms with Crippen molar-refractivity contribution in [1.29, 1.82) is 0 Å². The first-order valence-electron chi connectivity index (χ1n) is 9.77. The van der Waals surface area contributed by atoms with Crippen LogP contribution in [0.4, 0.5) is 5.69 Å². The molecule has 2 fully saturated rings. The van der Waals surface area contributed by atoms with Crippen LogP contribution in [0, 0.1) is 0 Å². The maximum Gasteiger partial charge on any atom is 0.255 e. The van der Waals surface area contributed by atoms with Gasteiger partial charge in [0.1, 0.15) is 6.04 Å². The van der Waals surface area contributed by atoms with Crippen molar-refractivity contribution in [1.82, 2.24) is 9.80 Å². The number of benzene rings is 2. The Labute approximate surface area is 174 Å². The van der Waals surface area contributed by atoms with Gasteiger partial charge in [0.2, 0.25) is 5.91 Å². The average molecular weight is 410 g/mol. The molecule has 150 valence electrons. The lowest BCUT2D eigenvalue weighted by molar-refractivity contribution is -0.119. The summed E-state index contributed by atoms with van der Waals surface area (Å²) in [4.78, 5) is 41.7. The van der Waals surface area contributed by atoms with Gasteiger partial charge in [-0.2, -0.15) is 0 Å². The number of nitrogens with one attached hydrogen (secondary N) is 1. The van der Waals surface area contributed by atoms with Gasteiger partial charge in [0.05, 0.1) is 5.88 Å². The van der Waals surface area contributed by atoms with Crippen LogP contribution in [0.3, 0.4) is 0 Å². The molecule has 1 atom stereocenters. The molecule has 0 aliphatic carbocycles. The summed E-state index contributed by atoms with van der Waals surface area (Å²) in [5, 5.41) is 2.89. The van der Waals surface area contributed by atoms with Crippen molar-refractivity contribution in [3.05, 3.63) is 65.7 Å². The summed E-state index contributed by atoms with van der Waals surface area (Å²) in [5.74, 6) is 0.658. The molecule has 0 aromatic heterocycles. The van der Waals surface area contributed by atoms with E-state index in [4.69, 9.17) is 0 Å². The van der Waals surface area contributed by atoms with Gasteiger partial charge >= 0.3 is 0 Å². The number of carbonyl (C=O) groups is 3. The third kappa shape index (κ3) is 4.29. The summed E-state index contributed by atoms with van der Waals surface area (Å²) in [5.41, 5.74) is 1.72. The molecule has 4 rings (SSSR count). The fourth-order valence-corrected chi connectivity index (χ4v) is 4.82. The number of likely N-dealkylation sites (tertiary alicyclic amines) is 1. The lowest BCUT2D eigenvalue weighted by atomic mass is 10.1. The monoisotopic (exact) mass is 409 g/mol. The van der Waals surface area contributed by atoms with E-state index in [2.05, 4.69) is 5.32 Å². The molecule has 2 saturated heterocycles. The number of hydrogen-bond acceptors (Lipinski definition) is 4. The summed E-state index contributed by atoms with van der Waals surface area (Å²) >= 11 is 1.56. The van der Waals surface area contributed by atoms with E-state index < -0.39 is 6.04 Å². The Morgan fingerprint density at radius 3 is 2.38 bits per heavy atom. The minimum atomic E-state index is -0.536. The largest absolute Gasteiger partial charge is 0.339 e. The number of anilines is 1. The molecule has 1 unspecified atom stereocenters. The second-order valence-corrected chi connectivity index (χ2v) is 8.23. The predicted molar refractivity (Wildman–Crippen MR) is 114 cm³/mol. The number of amides is 3. The van der Waals surface area contributed by atoms with E-state index in [1.54, 1.807) is 53.1 Å². The molecule has 29 heavy (non-hydrogen) atoms. The zero-order chi connectivity index (χ0) is 20.2. The molecule has 6 nitrogen and oxygen atoms in total. The van der Waals surface area contributed by atoms with Gasteiger partial charge in [-0.25, -0.2) is 0 Å². The second-order valence-electron chi connectivity index (χ2n) is 7.23. The fourth-order valence-electron chi connectivity index (χ4n) is 3.66. The highest BCUT2D eigenvalue weighted by Crippen LogP contribution is 2.25. The molecule has 2 heterocycles. The van der Waals surface area contributed by atoms with E-state index in [1.807, 2.05) is 23.1 Å². The first kappa shape index (κ1) is 19.5. The zero-order valence-electron chi connectivity index (χ0n) is 16.0. The van der Waals surface area contributed by atoms with Gasteiger partial charge in [0.15, 0.2) is 0 Å². The molecule has 2 aliphatic heterocycles. The summed E-state index contributed by atoms with van der Waals surface area (Å²) < 4.78 is 0. The highest BCUT2D eigenvalue weighted by atomic mass is 32.2. The Morgan fingerprint density at radius 1 is 0.897 bits per heavy atom. The zero-order valence-corrected chi connectivity index (χ0v) is 16.9. The van der Waals surface area contributed by atoms with Crippen LogP contribution in [-0.4, -0.2) is 58.3 Å². The van der Waals surface area contributed by atoms with E-state index in [1.165, 1.54) is 0 Å². The minimum absolute atomic E-state index is 0.00379. The summed E-state index contributed by atoms with van der Waals surface area (Å²) in [6.45, 7) is 1.57. The Hall–Kier alpha value is -2.80. The number of carbonyl (C=O) groups excluding carboxylic acids is 3. The van der Waals surface area contributed by atoms with E-state index in [9.17, 15) is 14.4 Å². The molecule has 2 aromatic rings. The minimum Gasteiger partial charge on any atom is -0.339 e. The number of thioether (sulfide) groups is 1. The van der Waals surface area contributed by atoms with Gasteiger partial charge < -0.3 is 15.1 Å². The number of nitrogens with zero attached hydrogens (tertiary/aromatic N) is 2. The van der Waals surface area contributed by atoms with Crippen LogP contribution >= 0.6 is 11.8 Å². The van der Waals surface area contributed by atoms with Crippen LogP contribution in [0.5, 0.6) is 0 Å². The first-order chi connectivity index (χ1) is 14.1. The summed E-state index contributed by atoms with van der Waals surface area (Å²) in [6.07, 6.45) is 2.07.